The SMILES string of the molecule is COc1ccc(C(=O)/C=C/c2ccccc2OCc2cn(CC(O)COC3=C(C)C(=O)SC3C)nn2)cc1. The number of aliphatic hydroxyl groups excluding tert-OH is 1. The normalized spacial score (nSPS) is 16.2. The first-order valence-corrected chi connectivity index (χ1v) is 12.9. The Hall–Kier alpha value is -3.89. The number of carbonyl (C=O) groups is 2. The number of rotatable bonds is 12. The second-order valence-electron chi connectivity index (χ2n) is 8.69. The predicted molar refractivity (Wildman–Crippen MR) is 144 cm³/mol. The lowest BCUT2D eigenvalue weighted by Gasteiger charge is -2.15. The third-order valence-electron chi connectivity index (χ3n) is 5.83. The first-order valence-electron chi connectivity index (χ1n) is 12.0. The summed E-state index contributed by atoms with van der Waals surface area (Å²) in [5.74, 6) is 1.76. The average Bonchev–Trinajstić information content (AvgIpc) is 3.47. The van der Waals surface area contributed by atoms with Crippen molar-refractivity contribution in [3.63, 3.8) is 0 Å². The molecule has 0 amide bonds. The highest BCUT2D eigenvalue weighted by atomic mass is 32.2. The first kappa shape index (κ1) is 27.2. The van der Waals surface area contributed by atoms with Gasteiger partial charge in [-0.1, -0.05) is 35.2 Å². The van der Waals surface area contributed by atoms with Gasteiger partial charge in [-0.2, -0.15) is 0 Å². The summed E-state index contributed by atoms with van der Waals surface area (Å²) in [6.07, 6.45) is 4.08. The minimum Gasteiger partial charge on any atom is -0.497 e. The molecule has 2 atom stereocenters. The van der Waals surface area contributed by atoms with Crippen LogP contribution in [-0.2, 0) is 22.7 Å². The second kappa shape index (κ2) is 12.6. The summed E-state index contributed by atoms with van der Waals surface area (Å²) in [5, 5.41) is 18.5. The van der Waals surface area contributed by atoms with E-state index in [2.05, 4.69) is 10.3 Å². The molecular formula is C28H29N3O6S. The molecule has 0 spiro atoms. The Balaban J connectivity index is 1.30. The third-order valence-corrected chi connectivity index (χ3v) is 6.92. The summed E-state index contributed by atoms with van der Waals surface area (Å²) >= 11 is 1.22. The molecule has 0 saturated heterocycles. The van der Waals surface area contributed by atoms with Crippen LogP contribution in [0.2, 0.25) is 0 Å². The van der Waals surface area contributed by atoms with Crippen LogP contribution in [-0.4, -0.2) is 56.1 Å². The number of benzene rings is 2. The van der Waals surface area contributed by atoms with Crippen LogP contribution in [0, 0.1) is 0 Å². The largest absolute Gasteiger partial charge is 0.497 e. The van der Waals surface area contributed by atoms with Gasteiger partial charge in [0.05, 0.1) is 25.1 Å². The van der Waals surface area contributed by atoms with Crippen molar-refractivity contribution < 1.29 is 28.9 Å². The van der Waals surface area contributed by atoms with E-state index in [9.17, 15) is 14.7 Å². The number of para-hydroxylation sites is 1. The van der Waals surface area contributed by atoms with Gasteiger partial charge in [-0.15, -0.1) is 5.10 Å². The maximum absolute atomic E-state index is 12.5. The van der Waals surface area contributed by atoms with E-state index in [0.717, 1.165) is 5.56 Å². The fourth-order valence-corrected chi connectivity index (χ4v) is 4.75. The predicted octanol–water partition coefficient (Wildman–Crippen LogP) is 4.08. The molecule has 0 radical (unpaired) electrons. The van der Waals surface area contributed by atoms with Gasteiger partial charge in [0.15, 0.2) is 5.78 Å². The lowest BCUT2D eigenvalue weighted by atomic mass is 10.1. The Labute approximate surface area is 225 Å². The van der Waals surface area contributed by atoms with E-state index in [1.807, 2.05) is 31.2 Å². The summed E-state index contributed by atoms with van der Waals surface area (Å²) in [4.78, 5) is 24.3. The van der Waals surface area contributed by atoms with Crippen LogP contribution in [0.4, 0.5) is 0 Å². The Bertz CT molecular complexity index is 1350. The summed E-state index contributed by atoms with van der Waals surface area (Å²) in [6.45, 7) is 4.02. The van der Waals surface area contributed by atoms with Crippen LogP contribution >= 0.6 is 11.8 Å². The number of thioether (sulfide) groups is 1. The molecule has 2 heterocycles. The van der Waals surface area contributed by atoms with E-state index in [1.54, 1.807) is 50.6 Å². The molecule has 2 unspecified atom stereocenters. The second-order valence-corrected chi connectivity index (χ2v) is 10.00. The highest BCUT2D eigenvalue weighted by Gasteiger charge is 2.29. The Morgan fingerprint density at radius 1 is 1.18 bits per heavy atom. The molecule has 198 valence electrons. The highest BCUT2D eigenvalue weighted by molar-refractivity contribution is 8.15. The average molecular weight is 536 g/mol. The molecule has 38 heavy (non-hydrogen) atoms. The number of ether oxygens (including phenoxy) is 3. The number of ketones is 1. The number of methoxy groups -OCH3 is 1. The van der Waals surface area contributed by atoms with Crippen LogP contribution in [0.15, 0.2) is 72.1 Å². The number of carbonyl (C=O) groups excluding carboxylic acids is 2. The molecule has 3 aromatic rings. The topological polar surface area (TPSA) is 113 Å². The molecule has 1 aromatic heterocycles. The number of nitrogens with zero attached hydrogens (tertiary/aromatic N) is 3. The molecule has 0 saturated carbocycles. The summed E-state index contributed by atoms with van der Waals surface area (Å²) in [5.41, 5.74) is 2.48. The van der Waals surface area contributed by atoms with Crippen molar-refractivity contribution in [2.45, 2.75) is 38.4 Å². The molecule has 0 fully saturated rings. The maximum atomic E-state index is 12.5. The van der Waals surface area contributed by atoms with Crippen molar-refractivity contribution in [3.8, 4) is 11.5 Å². The summed E-state index contributed by atoms with van der Waals surface area (Å²) < 4.78 is 18.3. The fraction of sp³-hybridized carbons (Fsp3) is 0.286. The van der Waals surface area contributed by atoms with Crippen LogP contribution in [0.5, 0.6) is 11.5 Å². The molecule has 10 heteroatoms. The minimum atomic E-state index is -0.826. The highest BCUT2D eigenvalue weighted by Crippen LogP contribution is 2.34. The van der Waals surface area contributed by atoms with Crippen LogP contribution < -0.4 is 9.47 Å². The Morgan fingerprint density at radius 3 is 2.66 bits per heavy atom. The van der Waals surface area contributed by atoms with Crippen molar-refractivity contribution >= 4 is 28.7 Å². The zero-order valence-corrected chi connectivity index (χ0v) is 22.2. The number of allylic oxidation sites excluding steroid dienone is 1. The monoisotopic (exact) mass is 535 g/mol. The van der Waals surface area contributed by atoms with Gasteiger partial charge >= 0.3 is 0 Å². The molecule has 2 aromatic carbocycles. The van der Waals surface area contributed by atoms with Crippen molar-refractivity contribution in [2.24, 2.45) is 0 Å². The van der Waals surface area contributed by atoms with Crippen molar-refractivity contribution in [3.05, 3.63) is 89.0 Å². The molecule has 1 aliphatic rings. The van der Waals surface area contributed by atoms with Gasteiger partial charge in [0.25, 0.3) is 0 Å². The molecule has 9 nitrogen and oxygen atoms in total. The number of aromatic nitrogens is 3. The number of aliphatic hydroxyl groups is 1. The van der Waals surface area contributed by atoms with Crippen LogP contribution in [0.1, 0.15) is 35.5 Å². The molecule has 1 aliphatic heterocycles. The summed E-state index contributed by atoms with van der Waals surface area (Å²) in [6, 6.07) is 14.3. The lowest BCUT2D eigenvalue weighted by Crippen LogP contribution is -2.23. The number of hydrogen-bond acceptors (Lipinski definition) is 9. The Morgan fingerprint density at radius 2 is 1.95 bits per heavy atom. The van der Waals surface area contributed by atoms with Gasteiger partial charge in [0.1, 0.15) is 42.3 Å². The zero-order chi connectivity index (χ0) is 27.1. The van der Waals surface area contributed by atoms with Crippen molar-refractivity contribution in [1.82, 2.24) is 15.0 Å². The van der Waals surface area contributed by atoms with Gasteiger partial charge in [-0.3, -0.25) is 9.59 Å². The van der Waals surface area contributed by atoms with Crippen molar-refractivity contribution in [1.29, 1.82) is 0 Å². The third kappa shape index (κ3) is 6.90. The van der Waals surface area contributed by atoms with Gasteiger partial charge in [-0.25, -0.2) is 4.68 Å². The van der Waals surface area contributed by atoms with Crippen LogP contribution in [0.3, 0.4) is 0 Å². The van der Waals surface area contributed by atoms with Crippen molar-refractivity contribution in [2.75, 3.05) is 13.7 Å². The zero-order valence-electron chi connectivity index (χ0n) is 21.4. The smallest absolute Gasteiger partial charge is 0.219 e. The van der Waals surface area contributed by atoms with E-state index >= 15 is 0 Å². The van der Waals surface area contributed by atoms with E-state index in [0.29, 0.717) is 34.1 Å². The van der Waals surface area contributed by atoms with Gasteiger partial charge in [0, 0.05) is 16.7 Å². The fourth-order valence-electron chi connectivity index (χ4n) is 3.80. The van der Waals surface area contributed by atoms with Crippen LogP contribution in [0.25, 0.3) is 6.08 Å². The first-order chi connectivity index (χ1) is 18.3. The molecule has 0 aliphatic carbocycles. The number of hydrogen-bond donors (Lipinski definition) is 1. The van der Waals surface area contributed by atoms with E-state index in [4.69, 9.17) is 14.2 Å². The maximum Gasteiger partial charge on any atom is 0.219 e. The standard InChI is InChI=1S/C28H29N3O6S/c1-18-27(19(2)38-28(18)34)37-17-23(32)15-31-14-22(29-30-31)16-36-26-7-5-4-6-21(26)10-13-25(33)20-8-11-24(35-3)12-9-20/h4-14,19,23,32H,15-17H2,1-3H3/b13-10+. The van der Waals surface area contributed by atoms with Gasteiger partial charge in [0.2, 0.25) is 5.12 Å². The summed E-state index contributed by atoms with van der Waals surface area (Å²) in [7, 11) is 1.58. The van der Waals surface area contributed by atoms with E-state index < -0.39 is 6.10 Å². The van der Waals surface area contributed by atoms with E-state index in [1.165, 1.54) is 22.5 Å². The van der Waals surface area contributed by atoms with Gasteiger partial charge in [-0.05, 0) is 56.3 Å². The molecule has 4 rings (SSSR count). The van der Waals surface area contributed by atoms with Gasteiger partial charge < -0.3 is 19.3 Å². The molecular weight excluding hydrogens is 506 g/mol. The Kier molecular flexibility index (Phi) is 8.98. The quantitative estimate of drug-likeness (QED) is 0.271. The lowest BCUT2D eigenvalue weighted by molar-refractivity contribution is -0.107. The molecule has 0 bridgehead atoms. The molecule has 1 N–H and O–H groups in total. The van der Waals surface area contributed by atoms with E-state index in [-0.39, 0.29) is 35.9 Å². The minimum absolute atomic E-state index is 0.00353.